The Balaban J connectivity index is 2.49. The summed E-state index contributed by atoms with van der Waals surface area (Å²) in [5.74, 6) is -0.766. The second kappa shape index (κ2) is 5.61. The van der Waals surface area contributed by atoms with E-state index in [-0.39, 0.29) is 16.3 Å². The molecule has 0 aliphatic rings. The summed E-state index contributed by atoms with van der Waals surface area (Å²) in [4.78, 5) is 3.37. The van der Waals surface area contributed by atoms with Crippen molar-refractivity contribution in [2.24, 2.45) is 5.73 Å². The highest BCUT2D eigenvalue weighted by molar-refractivity contribution is 6.32. The number of hydrogen-bond acceptors (Lipinski definition) is 3. The van der Waals surface area contributed by atoms with Crippen LogP contribution in [-0.2, 0) is 6.18 Å². The fraction of sp³-hybridized carbons (Fsp3) is 0.0769. The first-order chi connectivity index (χ1) is 9.79. The number of alkyl halides is 3. The second-order valence-corrected chi connectivity index (χ2v) is 4.40. The first kappa shape index (κ1) is 15.1. The molecule has 0 saturated carbocycles. The minimum absolute atomic E-state index is 0.0529. The number of benzene rings is 1. The average molecular weight is 316 g/mol. The van der Waals surface area contributed by atoms with Gasteiger partial charge in [-0.3, -0.25) is 5.41 Å². The predicted octanol–water partition coefficient (Wildman–Crippen LogP) is 3.83. The van der Waals surface area contributed by atoms with Crippen LogP contribution in [0.2, 0.25) is 5.02 Å². The van der Waals surface area contributed by atoms with Gasteiger partial charge in [0.1, 0.15) is 17.3 Å². The van der Waals surface area contributed by atoms with Crippen molar-refractivity contribution in [3.8, 4) is 11.6 Å². The Morgan fingerprint density at radius 3 is 2.43 bits per heavy atom. The molecule has 0 radical (unpaired) electrons. The summed E-state index contributed by atoms with van der Waals surface area (Å²) in [6.07, 6.45) is -4.63. The van der Waals surface area contributed by atoms with Crippen molar-refractivity contribution in [1.82, 2.24) is 4.98 Å². The van der Waals surface area contributed by atoms with Gasteiger partial charge in [0.2, 0.25) is 5.88 Å². The number of para-hydroxylation sites is 1. The molecular formula is C13H9ClF3N3O. The van der Waals surface area contributed by atoms with Crippen LogP contribution >= 0.6 is 11.6 Å². The molecule has 0 aliphatic heterocycles. The second-order valence-electron chi connectivity index (χ2n) is 3.99. The van der Waals surface area contributed by atoms with Crippen LogP contribution in [-0.4, -0.2) is 10.8 Å². The van der Waals surface area contributed by atoms with Crippen LogP contribution in [0.25, 0.3) is 0 Å². The third kappa shape index (κ3) is 3.43. The SMILES string of the molecule is N=C(N)c1ccc(C(F)(F)F)nc1Oc1ccccc1Cl. The Hall–Kier alpha value is -2.28. The molecule has 1 aromatic carbocycles. The molecule has 1 aromatic heterocycles. The Morgan fingerprint density at radius 1 is 1.19 bits per heavy atom. The number of pyridine rings is 1. The van der Waals surface area contributed by atoms with Crippen molar-refractivity contribution in [2.75, 3.05) is 0 Å². The van der Waals surface area contributed by atoms with Crippen LogP contribution in [0.15, 0.2) is 36.4 Å². The number of nitrogens with one attached hydrogen (secondary N) is 1. The van der Waals surface area contributed by atoms with Crippen molar-refractivity contribution in [3.63, 3.8) is 0 Å². The van der Waals surface area contributed by atoms with Gasteiger partial charge in [-0.05, 0) is 24.3 Å². The van der Waals surface area contributed by atoms with Crippen molar-refractivity contribution in [1.29, 1.82) is 5.41 Å². The third-order valence-corrected chi connectivity index (χ3v) is 2.80. The van der Waals surface area contributed by atoms with Gasteiger partial charge in [-0.25, -0.2) is 4.98 Å². The quantitative estimate of drug-likeness (QED) is 0.668. The molecule has 0 fully saturated rings. The molecule has 0 spiro atoms. The van der Waals surface area contributed by atoms with Crippen LogP contribution < -0.4 is 10.5 Å². The number of rotatable bonds is 3. The minimum Gasteiger partial charge on any atom is -0.437 e. The zero-order chi connectivity index (χ0) is 15.6. The molecule has 21 heavy (non-hydrogen) atoms. The van der Waals surface area contributed by atoms with Crippen LogP contribution in [0, 0.1) is 5.41 Å². The first-order valence-corrected chi connectivity index (χ1v) is 6.02. The van der Waals surface area contributed by atoms with Crippen LogP contribution in [0.1, 0.15) is 11.3 Å². The summed E-state index contributed by atoms with van der Waals surface area (Å²) < 4.78 is 43.3. The van der Waals surface area contributed by atoms with E-state index in [1.807, 2.05) is 0 Å². The smallest absolute Gasteiger partial charge is 0.433 e. The van der Waals surface area contributed by atoms with E-state index in [4.69, 9.17) is 27.5 Å². The number of halogens is 4. The maximum absolute atomic E-state index is 12.7. The summed E-state index contributed by atoms with van der Waals surface area (Å²) in [7, 11) is 0. The maximum atomic E-state index is 12.7. The van der Waals surface area contributed by atoms with Crippen LogP contribution in [0.4, 0.5) is 13.2 Å². The standard InChI is InChI=1S/C13H9ClF3N3O/c14-8-3-1-2-4-9(8)21-12-7(11(18)19)5-6-10(20-12)13(15,16)17/h1-6H,(H3,18,19). The Labute approximate surface area is 122 Å². The molecule has 0 unspecified atom stereocenters. The highest BCUT2D eigenvalue weighted by Crippen LogP contribution is 2.33. The van der Waals surface area contributed by atoms with E-state index in [1.54, 1.807) is 12.1 Å². The third-order valence-electron chi connectivity index (χ3n) is 2.48. The summed E-state index contributed by atoms with van der Waals surface area (Å²) in [6, 6.07) is 7.98. The molecular weight excluding hydrogens is 307 g/mol. The number of nitrogens with two attached hydrogens (primary N) is 1. The highest BCUT2D eigenvalue weighted by Gasteiger charge is 2.33. The molecule has 0 atom stereocenters. The van der Waals surface area contributed by atoms with E-state index in [9.17, 15) is 13.2 Å². The van der Waals surface area contributed by atoms with Gasteiger partial charge in [0.15, 0.2) is 0 Å². The molecule has 2 aromatic rings. The van der Waals surface area contributed by atoms with E-state index < -0.39 is 23.6 Å². The normalized spacial score (nSPS) is 11.2. The monoisotopic (exact) mass is 315 g/mol. The van der Waals surface area contributed by atoms with Crippen molar-refractivity contribution < 1.29 is 17.9 Å². The average Bonchev–Trinajstić information content (AvgIpc) is 2.40. The van der Waals surface area contributed by atoms with Gasteiger partial charge in [-0.1, -0.05) is 23.7 Å². The molecule has 0 amide bonds. The highest BCUT2D eigenvalue weighted by atomic mass is 35.5. The van der Waals surface area contributed by atoms with Crippen LogP contribution in [0.3, 0.4) is 0 Å². The fourth-order valence-electron chi connectivity index (χ4n) is 1.51. The lowest BCUT2D eigenvalue weighted by molar-refractivity contribution is -0.141. The molecule has 0 aliphatic carbocycles. The zero-order valence-corrected chi connectivity index (χ0v) is 11.2. The molecule has 1 heterocycles. The van der Waals surface area contributed by atoms with Crippen molar-refractivity contribution >= 4 is 17.4 Å². The lowest BCUT2D eigenvalue weighted by Gasteiger charge is -2.13. The Kier molecular flexibility index (Phi) is 4.04. The first-order valence-electron chi connectivity index (χ1n) is 5.64. The zero-order valence-electron chi connectivity index (χ0n) is 10.4. The largest absolute Gasteiger partial charge is 0.437 e. The van der Waals surface area contributed by atoms with Crippen molar-refractivity contribution in [3.05, 3.63) is 52.7 Å². The topological polar surface area (TPSA) is 72.0 Å². The van der Waals surface area contributed by atoms with Crippen LogP contribution in [0.5, 0.6) is 11.6 Å². The van der Waals surface area contributed by atoms with Gasteiger partial charge in [0.05, 0.1) is 10.6 Å². The number of hydrogen-bond donors (Lipinski definition) is 2. The molecule has 2 rings (SSSR count). The summed E-state index contributed by atoms with van der Waals surface area (Å²) in [6.45, 7) is 0. The molecule has 3 N–H and O–H groups in total. The summed E-state index contributed by atoms with van der Waals surface area (Å²) >= 11 is 5.88. The van der Waals surface area contributed by atoms with E-state index >= 15 is 0 Å². The summed E-state index contributed by atoms with van der Waals surface area (Å²) in [5.41, 5.74) is 4.12. The number of ether oxygens (including phenoxy) is 1. The number of amidine groups is 1. The Bertz CT molecular complexity index is 689. The van der Waals surface area contributed by atoms with E-state index in [0.717, 1.165) is 12.1 Å². The molecule has 8 heteroatoms. The number of nitrogen functional groups attached to an aromatic ring is 1. The maximum Gasteiger partial charge on any atom is 0.433 e. The van der Waals surface area contributed by atoms with E-state index in [2.05, 4.69) is 4.98 Å². The number of nitrogens with zero attached hydrogens (tertiary/aromatic N) is 1. The minimum atomic E-state index is -4.63. The molecule has 4 nitrogen and oxygen atoms in total. The van der Waals surface area contributed by atoms with Gasteiger partial charge in [0, 0.05) is 0 Å². The number of aromatic nitrogens is 1. The van der Waals surface area contributed by atoms with Gasteiger partial charge in [-0.15, -0.1) is 0 Å². The van der Waals surface area contributed by atoms with E-state index in [1.165, 1.54) is 12.1 Å². The molecule has 0 saturated heterocycles. The van der Waals surface area contributed by atoms with Crippen molar-refractivity contribution in [2.45, 2.75) is 6.18 Å². The van der Waals surface area contributed by atoms with Gasteiger partial charge < -0.3 is 10.5 Å². The molecule has 110 valence electrons. The van der Waals surface area contributed by atoms with Gasteiger partial charge in [0.25, 0.3) is 0 Å². The molecule has 0 bridgehead atoms. The summed E-state index contributed by atoms with van der Waals surface area (Å²) in [5, 5.41) is 7.57. The van der Waals surface area contributed by atoms with Gasteiger partial charge in [-0.2, -0.15) is 13.2 Å². The Morgan fingerprint density at radius 2 is 1.86 bits per heavy atom. The van der Waals surface area contributed by atoms with Gasteiger partial charge >= 0.3 is 6.18 Å². The lowest BCUT2D eigenvalue weighted by Crippen LogP contribution is -2.16. The lowest BCUT2D eigenvalue weighted by atomic mass is 10.2. The predicted molar refractivity (Wildman–Crippen MR) is 71.8 cm³/mol. The fourth-order valence-corrected chi connectivity index (χ4v) is 1.69. The van der Waals surface area contributed by atoms with E-state index in [0.29, 0.717) is 0 Å².